The van der Waals surface area contributed by atoms with Crippen molar-refractivity contribution in [3.63, 3.8) is 0 Å². The zero-order valence-electron chi connectivity index (χ0n) is 9.76. The molecule has 1 aliphatic rings. The molecule has 94 valence electrons. The summed E-state index contributed by atoms with van der Waals surface area (Å²) >= 11 is 0. The molecule has 18 heavy (non-hydrogen) atoms. The van der Waals surface area contributed by atoms with Crippen LogP contribution in [0, 0.1) is 0 Å². The van der Waals surface area contributed by atoms with E-state index in [2.05, 4.69) is 28.5 Å². The van der Waals surface area contributed by atoms with Gasteiger partial charge in [-0.25, -0.2) is 8.42 Å². The highest BCUT2D eigenvalue weighted by atomic mass is 32.2. The Morgan fingerprint density at radius 2 is 2.22 bits per heavy atom. The highest BCUT2D eigenvalue weighted by Gasteiger charge is 2.20. The van der Waals surface area contributed by atoms with Gasteiger partial charge in [-0.3, -0.25) is 0 Å². The lowest BCUT2D eigenvalue weighted by atomic mass is 10.1. The van der Waals surface area contributed by atoms with Crippen LogP contribution in [0.5, 0.6) is 0 Å². The van der Waals surface area contributed by atoms with E-state index in [-0.39, 0.29) is 11.8 Å². The Labute approximate surface area is 106 Å². The van der Waals surface area contributed by atoms with Gasteiger partial charge in [-0.2, -0.15) is 0 Å². The van der Waals surface area contributed by atoms with Crippen molar-refractivity contribution in [3.8, 4) is 0 Å². The molecule has 0 bridgehead atoms. The zero-order chi connectivity index (χ0) is 12.6. The number of H-pyrrole nitrogens is 1. The van der Waals surface area contributed by atoms with Crippen LogP contribution in [0.4, 0.5) is 0 Å². The monoisotopic (exact) mass is 262 g/mol. The molecule has 3 rings (SSSR count). The van der Waals surface area contributed by atoms with E-state index in [1.807, 2.05) is 12.3 Å². The average Bonchev–Trinajstić information content (AvgIpc) is 2.92. The summed E-state index contributed by atoms with van der Waals surface area (Å²) in [7, 11) is -2.97. The minimum atomic E-state index is -2.97. The first kappa shape index (κ1) is 11.5. The van der Waals surface area contributed by atoms with E-state index >= 15 is 0 Å². The van der Waals surface area contributed by atoms with Crippen molar-refractivity contribution < 1.29 is 8.42 Å². The van der Waals surface area contributed by atoms with Gasteiger partial charge >= 0.3 is 0 Å². The van der Waals surface area contributed by atoms with Gasteiger partial charge in [-0.1, -0.05) is 18.2 Å². The van der Waals surface area contributed by atoms with Crippen LogP contribution < -0.4 is 5.32 Å². The lowest BCUT2D eigenvalue weighted by molar-refractivity contribution is 0.590. The predicted octanol–water partition coefficient (Wildman–Crippen LogP) is 1.57. The Balaban J connectivity index is 1.68. The van der Waals surface area contributed by atoms with E-state index in [4.69, 9.17) is 0 Å². The summed E-state index contributed by atoms with van der Waals surface area (Å²) < 4.78 is 22.5. The van der Waals surface area contributed by atoms with Crippen molar-refractivity contribution in [2.45, 2.75) is 12.6 Å². The topological polar surface area (TPSA) is 62.0 Å². The third-order valence-corrected chi connectivity index (χ3v) is 4.51. The third-order valence-electron chi connectivity index (χ3n) is 3.12. The van der Waals surface area contributed by atoms with Gasteiger partial charge in [0.15, 0.2) is 9.84 Å². The van der Waals surface area contributed by atoms with Gasteiger partial charge in [-0.15, -0.1) is 0 Å². The number of fused-ring (bicyclic) bond motifs is 1. The highest BCUT2D eigenvalue weighted by Crippen LogP contribution is 2.15. The fourth-order valence-electron chi connectivity index (χ4n) is 2.16. The second-order valence-corrected chi connectivity index (χ2v) is 6.48. The van der Waals surface area contributed by atoms with Gasteiger partial charge in [0.05, 0.1) is 5.75 Å². The molecule has 5 heteroatoms. The molecular formula is C13H14N2O2S. The van der Waals surface area contributed by atoms with Crippen LogP contribution in [0.15, 0.2) is 41.9 Å². The number of aromatic amines is 1. The van der Waals surface area contributed by atoms with Crippen molar-refractivity contribution in [3.05, 3.63) is 47.5 Å². The van der Waals surface area contributed by atoms with Crippen LogP contribution in [0.2, 0.25) is 0 Å². The van der Waals surface area contributed by atoms with E-state index in [0.717, 1.165) is 11.1 Å². The molecule has 0 saturated heterocycles. The van der Waals surface area contributed by atoms with E-state index in [0.29, 0.717) is 6.54 Å². The van der Waals surface area contributed by atoms with Gasteiger partial charge < -0.3 is 10.3 Å². The highest BCUT2D eigenvalue weighted by molar-refractivity contribution is 7.94. The number of hydrogen-bond donors (Lipinski definition) is 2. The fourth-order valence-corrected chi connectivity index (χ4v) is 3.43. The molecule has 2 N–H and O–H groups in total. The quantitative estimate of drug-likeness (QED) is 0.882. The zero-order valence-corrected chi connectivity index (χ0v) is 10.6. The molecule has 1 aliphatic heterocycles. The SMILES string of the molecule is O=S1(=O)C=CC(NCc2ccc3cc[nH]c3c2)C1. The van der Waals surface area contributed by atoms with Crippen molar-refractivity contribution in [2.75, 3.05) is 5.75 Å². The van der Waals surface area contributed by atoms with E-state index in [1.165, 1.54) is 10.8 Å². The summed E-state index contributed by atoms with van der Waals surface area (Å²) in [6.07, 6.45) is 3.62. The molecule has 0 fully saturated rings. The Bertz CT molecular complexity index is 701. The Morgan fingerprint density at radius 1 is 1.33 bits per heavy atom. The predicted molar refractivity (Wildman–Crippen MR) is 71.9 cm³/mol. The lowest BCUT2D eigenvalue weighted by Gasteiger charge is -2.09. The summed E-state index contributed by atoms with van der Waals surface area (Å²) in [6, 6.07) is 8.14. The molecule has 0 saturated carbocycles. The molecule has 0 spiro atoms. The van der Waals surface area contributed by atoms with Crippen molar-refractivity contribution in [1.82, 2.24) is 10.3 Å². The maximum Gasteiger partial charge on any atom is 0.173 e. The molecule has 1 unspecified atom stereocenters. The summed E-state index contributed by atoms with van der Waals surface area (Å²) in [5.74, 6) is 0.164. The number of hydrogen-bond acceptors (Lipinski definition) is 3. The van der Waals surface area contributed by atoms with Crippen LogP contribution in [-0.2, 0) is 16.4 Å². The fraction of sp³-hybridized carbons (Fsp3) is 0.231. The van der Waals surface area contributed by atoms with E-state index in [1.54, 1.807) is 6.08 Å². The number of benzene rings is 1. The smallest absolute Gasteiger partial charge is 0.173 e. The molecule has 2 heterocycles. The normalized spacial score (nSPS) is 21.7. The molecular weight excluding hydrogens is 248 g/mol. The minimum Gasteiger partial charge on any atom is -0.361 e. The number of rotatable bonds is 3. The van der Waals surface area contributed by atoms with Crippen molar-refractivity contribution in [2.24, 2.45) is 0 Å². The summed E-state index contributed by atoms with van der Waals surface area (Å²) in [6.45, 7) is 0.666. The second kappa shape index (κ2) is 4.26. The number of aromatic nitrogens is 1. The van der Waals surface area contributed by atoms with Gasteiger partial charge in [0.25, 0.3) is 0 Å². The first-order chi connectivity index (χ1) is 8.62. The van der Waals surface area contributed by atoms with Crippen molar-refractivity contribution >= 4 is 20.7 Å². The Morgan fingerprint density at radius 3 is 3.00 bits per heavy atom. The van der Waals surface area contributed by atoms with E-state index in [9.17, 15) is 8.42 Å². The molecule has 0 radical (unpaired) electrons. The lowest BCUT2D eigenvalue weighted by Crippen LogP contribution is -2.29. The van der Waals surface area contributed by atoms with Gasteiger partial charge in [0.2, 0.25) is 0 Å². The number of nitrogens with one attached hydrogen (secondary N) is 2. The standard InChI is InChI=1S/C13H14N2O2S/c16-18(17)6-4-12(9-18)15-8-10-1-2-11-3-5-14-13(11)7-10/h1-7,12,14-15H,8-9H2. The third kappa shape index (κ3) is 2.32. The summed E-state index contributed by atoms with van der Waals surface area (Å²) in [5, 5.41) is 5.70. The van der Waals surface area contributed by atoms with Gasteiger partial charge in [0, 0.05) is 29.7 Å². The van der Waals surface area contributed by atoms with Crippen LogP contribution in [0.25, 0.3) is 10.9 Å². The van der Waals surface area contributed by atoms with Gasteiger partial charge in [0.1, 0.15) is 0 Å². The molecule has 2 aromatic rings. The number of sulfone groups is 1. The van der Waals surface area contributed by atoms with Gasteiger partial charge in [-0.05, 0) is 23.1 Å². The van der Waals surface area contributed by atoms with Crippen LogP contribution in [0.3, 0.4) is 0 Å². The van der Waals surface area contributed by atoms with Crippen LogP contribution >= 0.6 is 0 Å². The van der Waals surface area contributed by atoms with Crippen LogP contribution in [0.1, 0.15) is 5.56 Å². The molecule has 0 aliphatic carbocycles. The molecule has 0 amide bonds. The minimum absolute atomic E-state index is 0.0747. The molecule has 1 aromatic carbocycles. The second-order valence-electron chi connectivity index (χ2n) is 4.54. The Kier molecular flexibility index (Phi) is 2.72. The van der Waals surface area contributed by atoms with E-state index < -0.39 is 9.84 Å². The van der Waals surface area contributed by atoms with Crippen molar-refractivity contribution in [1.29, 1.82) is 0 Å². The first-order valence-corrected chi connectivity index (χ1v) is 7.54. The largest absolute Gasteiger partial charge is 0.361 e. The molecule has 1 atom stereocenters. The first-order valence-electron chi connectivity index (χ1n) is 5.83. The van der Waals surface area contributed by atoms with Crippen LogP contribution in [-0.4, -0.2) is 25.2 Å². The maximum absolute atomic E-state index is 11.3. The Hall–Kier alpha value is -1.59. The molecule has 4 nitrogen and oxygen atoms in total. The average molecular weight is 262 g/mol. The summed E-state index contributed by atoms with van der Waals surface area (Å²) in [5.41, 5.74) is 2.24. The maximum atomic E-state index is 11.3. The summed E-state index contributed by atoms with van der Waals surface area (Å²) in [4.78, 5) is 3.16. The molecule has 1 aromatic heterocycles.